The lowest BCUT2D eigenvalue weighted by molar-refractivity contribution is 0.0372. The van der Waals surface area contributed by atoms with E-state index in [4.69, 9.17) is 10.5 Å². The summed E-state index contributed by atoms with van der Waals surface area (Å²) < 4.78 is 5.14. The number of nitrogens with two attached hydrogens (primary N) is 1. The van der Waals surface area contributed by atoms with Crippen molar-refractivity contribution < 1.29 is 9.53 Å². The highest BCUT2D eigenvalue weighted by molar-refractivity contribution is 5.95. The van der Waals surface area contributed by atoms with Gasteiger partial charge in [-0.05, 0) is 37.6 Å². The first kappa shape index (κ1) is 14.2. The van der Waals surface area contributed by atoms with Gasteiger partial charge in [0.15, 0.2) is 0 Å². The molecule has 1 atom stereocenters. The molecule has 1 unspecified atom stereocenters. The van der Waals surface area contributed by atoms with Gasteiger partial charge in [0.05, 0.1) is 12.8 Å². The highest BCUT2D eigenvalue weighted by Gasteiger charge is 2.31. The topological polar surface area (TPSA) is 58.8 Å². The van der Waals surface area contributed by atoms with Crippen molar-refractivity contribution in [1.29, 1.82) is 0 Å². The largest absolute Gasteiger partial charge is 0.495 e. The molecule has 0 spiro atoms. The van der Waals surface area contributed by atoms with E-state index in [0.717, 1.165) is 19.6 Å². The number of carbonyl (C=O) groups is 1. The Morgan fingerprint density at radius 2 is 2.14 bits per heavy atom. The molecule has 114 valence electrons. The Kier molecular flexibility index (Phi) is 4.01. The number of hydrogen-bond donors (Lipinski definition) is 1. The number of anilines is 1. The van der Waals surface area contributed by atoms with Gasteiger partial charge >= 0.3 is 0 Å². The second-order valence-electron chi connectivity index (χ2n) is 5.89. The van der Waals surface area contributed by atoms with Crippen LogP contribution in [0.1, 0.15) is 29.6 Å². The number of piperazine rings is 1. The maximum absolute atomic E-state index is 12.6. The van der Waals surface area contributed by atoms with Crippen LogP contribution in [-0.2, 0) is 0 Å². The Hall–Kier alpha value is -1.75. The number of methoxy groups -OCH3 is 1. The van der Waals surface area contributed by atoms with Crippen LogP contribution < -0.4 is 10.5 Å². The number of hydrogen-bond acceptors (Lipinski definition) is 4. The maximum Gasteiger partial charge on any atom is 0.254 e. The van der Waals surface area contributed by atoms with Crippen molar-refractivity contribution in [3.8, 4) is 5.75 Å². The Morgan fingerprint density at radius 3 is 2.90 bits per heavy atom. The lowest BCUT2D eigenvalue weighted by atomic mass is 9.99. The Morgan fingerprint density at radius 1 is 1.29 bits per heavy atom. The third-order valence-corrected chi connectivity index (χ3v) is 4.60. The van der Waals surface area contributed by atoms with Gasteiger partial charge in [0, 0.05) is 31.2 Å². The quantitative estimate of drug-likeness (QED) is 0.840. The summed E-state index contributed by atoms with van der Waals surface area (Å²) in [4.78, 5) is 17.1. The van der Waals surface area contributed by atoms with Crippen molar-refractivity contribution >= 4 is 11.6 Å². The van der Waals surface area contributed by atoms with E-state index in [0.29, 0.717) is 23.0 Å². The van der Waals surface area contributed by atoms with Gasteiger partial charge in [-0.25, -0.2) is 0 Å². The second kappa shape index (κ2) is 5.93. The molecule has 2 aliphatic heterocycles. The van der Waals surface area contributed by atoms with Crippen LogP contribution in [0, 0.1) is 0 Å². The summed E-state index contributed by atoms with van der Waals surface area (Å²) in [6.07, 6.45) is 3.77. The SMILES string of the molecule is COc1ccc(C(=O)N2CCN3CCCCC3C2)cc1N. The molecule has 21 heavy (non-hydrogen) atoms. The maximum atomic E-state index is 12.6. The summed E-state index contributed by atoms with van der Waals surface area (Å²) in [6, 6.07) is 5.81. The van der Waals surface area contributed by atoms with Gasteiger partial charge < -0.3 is 15.4 Å². The fourth-order valence-corrected chi connectivity index (χ4v) is 3.39. The first-order valence-corrected chi connectivity index (χ1v) is 7.66. The summed E-state index contributed by atoms with van der Waals surface area (Å²) in [5.74, 6) is 0.693. The average Bonchev–Trinajstić information content (AvgIpc) is 2.53. The molecular weight excluding hydrogens is 266 g/mol. The van der Waals surface area contributed by atoms with Gasteiger partial charge in [-0.15, -0.1) is 0 Å². The van der Waals surface area contributed by atoms with Crippen LogP contribution in [0.3, 0.4) is 0 Å². The van der Waals surface area contributed by atoms with Gasteiger partial charge in [-0.1, -0.05) is 6.42 Å². The lowest BCUT2D eigenvalue weighted by Gasteiger charge is -2.44. The molecule has 0 aliphatic carbocycles. The van der Waals surface area contributed by atoms with E-state index < -0.39 is 0 Å². The lowest BCUT2D eigenvalue weighted by Crippen LogP contribution is -2.56. The standard InChI is InChI=1S/C16H23N3O2/c1-21-15-6-5-12(10-14(15)17)16(20)19-9-8-18-7-3-2-4-13(18)11-19/h5-6,10,13H,2-4,7-9,11,17H2,1H3. The van der Waals surface area contributed by atoms with Gasteiger partial charge in [0.2, 0.25) is 0 Å². The molecule has 5 heteroatoms. The number of benzene rings is 1. The van der Waals surface area contributed by atoms with E-state index in [1.54, 1.807) is 25.3 Å². The molecule has 0 aromatic heterocycles. The molecule has 1 amide bonds. The zero-order valence-electron chi connectivity index (χ0n) is 12.5. The number of ether oxygens (including phenoxy) is 1. The Bertz CT molecular complexity index is 532. The molecule has 2 aliphatic rings. The number of carbonyl (C=O) groups excluding carboxylic acids is 1. The molecule has 5 nitrogen and oxygen atoms in total. The molecule has 0 radical (unpaired) electrons. The third kappa shape index (κ3) is 2.83. The van der Waals surface area contributed by atoms with Crippen LogP contribution in [0.25, 0.3) is 0 Å². The number of amides is 1. The summed E-state index contributed by atoms with van der Waals surface area (Å²) >= 11 is 0. The van der Waals surface area contributed by atoms with Crippen molar-refractivity contribution in [3.63, 3.8) is 0 Å². The van der Waals surface area contributed by atoms with Crippen LogP contribution in [0.4, 0.5) is 5.69 Å². The summed E-state index contributed by atoms with van der Waals surface area (Å²) in [5, 5.41) is 0. The van der Waals surface area contributed by atoms with Crippen molar-refractivity contribution in [2.75, 3.05) is 39.0 Å². The predicted octanol–water partition coefficient (Wildman–Crippen LogP) is 1.59. The van der Waals surface area contributed by atoms with Crippen molar-refractivity contribution in [3.05, 3.63) is 23.8 Å². The molecule has 1 aromatic carbocycles. The van der Waals surface area contributed by atoms with Crippen molar-refractivity contribution in [1.82, 2.24) is 9.80 Å². The highest BCUT2D eigenvalue weighted by atomic mass is 16.5. The molecular formula is C16H23N3O2. The van der Waals surface area contributed by atoms with Crippen molar-refractivity contribution in [2.24, 2.45) is 0 Å². The van der Waals surface area contributed by atoms with E-state index in [1.807, 2.05) is 4.90 Å². The van der Waals surface area contributed by atoms with Gasteiger partial charge in [0.1, 0.15) is 5.75 Å². The molecule has 2 fully saturated rings. The van der Waals surface area contributed by atoms with E-state index >= 15 is 0 Å². The number of nitrogens with zero attached hydrogens (tertiary/aromatic N) is 2. The first-order valence-electron chi connectivity index (χ1n) is 7.66. The number of nitrogen functional groups attached to an aromatic ring is 1. The summed E-state index contributed by atoms with van der Waals surface area (Å²) in [7, 11) is 1.58. The smallest absolute Gasteiger partial charge is 0.254 e. The average molecular weight is 289 g/mol. The number of piperidine rings is 1. The number of fused-ring (bicyclic) bond motifs is 1. The molecule has 1 aromatic rings. The van der Waals surface area contributed by atoms with Crippen LogP contribution in [0.5, 0.6) is 5.75 Å². The molecule has 3 rings (SSSR count). The molecule has 0 bridgehead atoms. The van der Waals surface area contributed by atoms with Crippen LogP contribution in [0.15, 0.2) is 18.2 Å². The molecule has 2 saturated heterocycles. The number of rotatable bonds is 2. The monoisotopic (exact) mass is 289 g/mol. The minimum atomic E-state index is 0.0783. The minimum Gasteiger partial charge on any atom is -0.495 e. The fourth-order valence-electron chi connectivity index (χ4n) is 3.39. The van der Waals surface area contributed by atoms with E-state index in [-0.39, 0.29) is 5.91 Å². The van der Waals surface area contributed by atoms with E-state index in [9.17, 15) is 4.79 Å². The van der Waals surface area contributed by atoms with Gasteiger partial charge in [-0.3, -0.25) is 9.69 Å². The molecule has 2 heterocycles. The first-order chi connectivity index (χ1) is 10.2. The Balaban J connectivity index is 1.71. The minimum absolute atomic E-state index is 0.0783. The van der Waals surface area contributed by atoms with Crippen LogP contribution in [-0.4, -0.2) is 55.0 Å². The third-order valence-electron chi connectivity index (χ3n) is 4.60. The zero-order valence-corrected chi connectivity index (χ0v) is 12.5. The molecule has 2 N–H and O–H groups in total. The second-order valence-corrected chi connectivity index (χ2v) is 5.89. The predicted molar refractivity (Wildman–Crippen MR) is 82.5 cm³/mol. The summed E-state index contributed by atoms with van der Waals surface area (Å²) in [6.45, 7) is 3.82. The van der Waals surface area contributed by atoms with Gasteiger partial charge in [0.25, 0.3) is 5.91 Å². The van der Waals surface area contributed by atoms with Gasteiger partial charge in [-0.2, -0.15) is 0 Å². The van der Waals surface area contributed by atoms with Crippen LogP contribution >= 0.6 is 0 Å². The molecule has 0 saturated carbocycles. The summed E-state index contributed by atoms with van der Waals surface area (Å²) in [5.41, 5.74) is 7.07. The normalized spacial score (nSPS) is 22.7. The zero-order chi connectivity index (χ0) is 14.8. The van der Waals surface area contributed by atoms with Crippen molar-refractivity contribution in [2.45, 2.75) is 25.3 Å². The Labute approximate surface area is 125 Å². The van der Waals surface area contributed by atoms with Crippen LogP contribution in [0.2, 0.25) is 0 Å². The fraction of sp³-hybridized carbons (Fsp3) is 0.562. The van der Waals surface area contributed by atoms with E-state index in [2.05, 4.69) is 4.90 Å². The van der Waals surface area contributed by atoms with E-state index in [1.165, 1.54) is 25.8 Å². The highest BCUT2D eigenvalue weighted by Crippen LogP contribution is 2.25.